The first kappa shape index (κ1) is 15.5. The van der Waals surface area contributed by atoms with Crippen molar-refractivity contribution in [1.82, 2.24) is 0 Å². The van der Waals surface area contributed by atoms with Gasteiger partial charge in [-0.2, -0.15) is 5.26 Å². The van der Waals surface area contributed by atoms with Gasteiger partial charge in [0.2, 0.25) is 0 Å². The van der Waals surface area contributed by atoms with Gasteiger partial charge in [-0.25, -0.2) is 4.39 Å². The molecule has 0 fully saturated rings. The fourth-order valence-corrected chi connectivity index (χ4v) is 2.12. The van der Waals surface area contributed by atoms with Crippen LogP contribution in [-0.2, 0) is 0 Å². The third-order valence-electron chi connectivity index (χ3n) is 2.86. The van der Waals surface area contributed by atoms with Crippen LogP contribution in [-0.4, -0.2) is 18.2 Å². The lowest BCUT2D eigenvalue weighted by Crippen LogP contribution is -2.30. The largest absolute Gasteiger partial charge is 0.389 e. The SMILES string of the molecule is CC(C)CN(CCC#N)c1c(F)cccc1C(C)O. The van der Waals surface area contributed by atoms with Gasteiger partial charge < -0.3 is 10.0 Å². The second-order valence-corrected chi connectivity index (χ2v) is 5.10. The van der Waals surface area contributed by atoms with Crippen LogP contribution in [0.15, 0.2) is 18.2 Å². The fourth-order valence-electron chi connectivity index (χ4n) is 2.12. The Labute approximate surface area is 114 Å². The Hall–Kier alpha value is -1.60. The number of nitriles is 1. The monoisotopic (exact) mass is 264 g/mol. The van der Waals surface area contributed by atoms with E-state index < -0.39 is 6.10 Å². The molecule has 0 aliphatic heterocycles. The van der Waals surface area contributed by atoms with E-state index in [4.69, 9.17) is 5.26 Å². The number of halogens is 1. The number of benzene rings is 1. The van der Waals surface area contributed by atoms with Crippen LogP contribution in [0.2, 0.25) is 0 Å². The molecule has 0 aliphatic rings. The summed E-state index contributed by atoms with van der Waals surface area (Å²) in [6.45, 7) is 6.83. The number of hydrogen-bond acceptors (Lipinski definition) is 3. The van der Waals surface area contributed by atoms with Crippen molar-refractivity contribution in [2.45, 2.75) is 33.3 Å². The van der Waals surface area contributed by atoms with Crippen LogP contribution >= 0.6 is 0 Å². The summed E-state index contributed by atoms with van der Waals surface area (Å²) in [6.07, 6.45) is -0.400. The van der Waals surface area contributed by atoms with Gasteiger partial charge in [-0.15, -0.1) is 0 Å². The molecule has 0 aromatic heterocycles. The standard InChI is InChI=1S/C15H21FN2O/c1-11(2)10-18(9-5-8-17)15-13(12(3)19)6-4-7-14(15)16/h4,6-7,11-12,19H,5,9-10H2,1-3H3. The molecular weight excluding hydrogens is 243 g/mol. The highest BCUT2D eigenvalue weighted by Gasteiger charge is 2.19. The molecule has 0 radical (unpaired) electrons. The van der Waals surface area contributed by atoms with E-state index in [-0.39, 0.29) is 5.82 Å². The average Bonchev–Trinajstić information content (AvgIpc) is 2.33. The molecule has 0 aliphatic carbocycles. The first-order chi connectivity index (χ1) is 8.97. The number of aliphatic hydroxyl groups is 1. The second kappa shape index (κ2) is 7.10. The van der Waals surface area contributed by atoms with Gasteiger partial charge in [0.25, 0.3) is 0 Å². The number of para-hydroxylation sites is 1. The Morgan fingerprint density at radius 3 is 2.58 bits per heavy atom. The maximum Gasteiger partial charge on any atom is 0.146 e. The van der Waals surface area contributed by atoms with Gasteiger partial charge in [0.05, 0.1) is 24.3 Å². The Morgan fingerprint density at radius 1 is 1.37 bits per heavy atom. The highest BCUT2D eigenvalue weighted by molar-refractivity contribution is 5.56. The van der Waals surface area contributed by atoms with Crippen molar-refractivity contribution in [3.05, 3.63) is 29.6 Å². The molecule has 0 bridgehead atoms. The Balaban J connectivity index is 3.16. The minimum Gasteiger partial charge on any atom is -0.389 e. The van der Waals surface area contributed by atoms with Crippen molar-refractivity contribution in [3.8, 4) is 6.07 Å². The van der Waals surface area contributed by atoms with E-state index >= 15 is 0 Å². The van der Waals surface area contributed by atoms with Crippen LogP contribution in [0.1, 0.15) is 38.9 Å². The first-order valence-electron chi connectivity index (χ1n) is 6.55. The van der Waals surface area contributed by atoms with Crippen molar-refractivity contribution in [3.63, 3.8) is 0 Å². The molecule has 0 spiro atoms. The van der Waals surface area contributed by atoms with Gasteiger partial charge in [-0.1, -0.05) is 26.0 Å². The van der Waals surface area contributed by atoms with Crippen molar-refractivity contribution >= 4 is 5.69 Å². The zero-order chi connectivity index (χ0) is 14.4. The van der Waals surface area contributed by atoms with Gasteiger partial charge >= 0.3 is 0 Å². The number of anilines is 1. The third-order valence-corrected chi connectivity index (χ3v) is 2.86. The van der Waals surface area contributed by atoms with Gasteiger partial charge in [0.15, 0.2) is 0 Å². The summed E-state index contributed by atoms with van der Waals surface area (Å²) in [4.78, 5) is 1.85. The van der Waals surface area contributed by atoms with Gasteiger partial charge in [-0.3, -0.25) is 0 Å². The zero-order valence-corrected chi connectivity index (χ0v) is 11.7. The van der Waals surface area contributed by atoms with Crippen LogP contribution in [0.25, 0.3) is 0 Å². The van der Waals surface area contributed by atoms with E-state index in [1.165, 1.54) is 6.07 Å². The van der Waals surface area contributed by atoms with Crippen molar-refractivity contribution in [2.75, 3.05) is 18.0 Å². The smallest absolute Gasteiger partial charge is 0.146 e. The lowest BCUT2D eigenvalue weighted by molar-refractivity contribution is 0.199. The summed E-state index contributed by atoms with van der Waals surface area (Å²) >= 11 is 0. The summed E-state index contributed by atoms with van der Waals surface area (Å²) < 4.78 is 14.1. The molecule has 104 valence electrons. The predicted molar refractivity (Wildman–Crippen MR) is 74.3 cm³/mol. The molecule has 4 heteroatoms. The zero-order valence-electron chi connectivity index (χ0n) is 11.7. The normalized spacial score (nSPS) is 12.3. The van der Waals surface area contributed by atoms with E-state index in [2.05, 4.69) is 6.07 Å². The Bertz CT molecular complexity index is 452. The summed E-state index contributed by atoms with van der Waals surface area (Å²) in [5.74, 6) is -0.00265. The van der Waals surface area contributed by atoms with E-state index in [9.17, 15) is 9.50 Å². The number of rotatable bonds is 6. The van der Waals surface area contributed by atoms with Crippen LogP contribution in [0.4, 0.5) is 10.1 Å². The summed E-state index contributed by atoms with van der Waals surface area (Å²) in [5.41, 5.74) is 0.986. The second-order valence-electron chi connectivity index (χ2n) is 5.10. The molecule has 0 saturated carbocycles. The molecule has 19 heavy (non-hydrogen) atoms. The molecule has 1 rings (SSSR count). The minimum atomic E-state index is -0.734. The van der Waals surface area contributed by atoms with Crippen LogP contribution in [0.5, 0.6) is 0 Å². The first-order valence-corrected chi connectivity index (χ1v) is 6.55. The molecule has 1 unspecified atom stereocenters. The highest BCUT2D eigenvalue weighted by Crippen LogP contribution is 2.30. The van der Waals surface area contributed by atoms with Crippen molar-refractivity contribution in [1.29, 1.82) is 5.26 Å². The Morgan fingerprint density at radius 2 is 2.05 bits per heavy atom. The van der Waals surface area contributed by atoms with Crippen LogP contribution < -0.4 is 4.90 Å². The lowest BCUT2D eigenvalue weighted by atomic mass is 10.1. The quantitative estimate of drug-likeness (QED) is 0.858. The molecular formula is C15H21FN2O. The number of aliphatic hydroxyl groups excluding tert-OH is 1. The van der Waals surface area contributed by atoms with E-state index in [1.54, 1.807) is 19.1 Å². The van der Waals surface area contributed by atoms with Gasteiger partial charge in [-0.05, 0) is 18.9 Å². The number of nitrogens with zero attached hydrogens (tertiary/aromatic N) is 2. The van der Waals surface area contributed by atoms with Gasteiger partial charge in [0.1, 0.15) is 5.82 Å². The van der Waals surface area contributed by atoms with Crippen LogP contribution in [0, 0.1) is 23.1 Å². The van der Waals surface area contributed by atoms with E-state index in [0.29, 0.717) is 36.7 Å². The van der Waals surface area contributed by atoms with Crippen LogP contribution in [0.3, 0.4) is 0 Å². The third kappa shape index (κ3) is 4.22. The molecule has 1 aromatic carbocycles. The maximum atomic E-state index is 14.1. The lowest BCUT2D eigenvalue weighted by Gasteiger charge is -2.29. The minimum absolute atomic E-state index is 0.334. The molecule has 0 amide bonds. The maximum absolute atomic E-state index is 14.1. The van der Waals surface area contributed by atoms with E-state index in [0.717, 1.165) is 0 Å². The fraction of sp³-hybridized carbons (Fsp3) is 0.533. The average molecular weight is 264 g/mol. The molecule has 0 saturated heterocycles. The number of hydrogen-bond donors (Lipinski definition) is 1. The Kier molecular flexibility index (Phi) is 5.78. The van der Waals surface area contributed by atoms with Gasteiger partial charge in [0, 0.05) is 18.7 Å². The molecule has 1 N–H and O–H groups in total. The van der Waals surface area contributed by atoms with E-state index in [1.807, 2.05) is 18.7 Å². The predicted octanol–water partition coefficient (Wildman–Crippen LogP) is 3.26. The molecule has 1 atom stereocenters. The highest BCUT2D eigenvalue weighted by atomic mass is 19.1. The molecule has 1 aromatic rings. The molecule has 0 heterocycles. The summed E-state index contributed by atoms with van der Waals surface area (Å²) in [6, 6.07) is 6.79. The molecule has 3 nitrogen and oxygen atoms in total. The van der Waals surface area contributed by atoms with Crippen molar-refractivity contribution < 1.29 is 9.50 Å². The summed E-state index contributed by atoms with van der Waals surface area (Å²) in [7, 11) is 0. The van der Waals surface area contributed by atoms with Crippen molar-refractivity contribution in [2.24, 2.45) is 5.92 Å². The topological polar surface area (TPSA) is 47.3 Å². The summed E-state index contributed by atoms with van der Waals surface area (Å²) in [5, 5.41) is 18.5.